The number of amides is 2. The maximum absolute atomic E-state index is 13.4. The van der Waals surface area contributed by atoms with Crippen molar-refractivity contribution < 1.29 is 19.1 Å². The first-order valence-corrected chi connectivity index (χ1v) is 10.9. The van der Waals surface area contributed by atoms with E-state index in [-0.39, 0.29) is 17.5 Å². The zero-order valence-corrected chi connectivity index (χ0v) is 18.7. The molecular formula is C27H26N2O4. The summed E-state index contributed by atoms with van der Waals surface area (Å²) < 4.78 is 10.7. The van der Waals surface area contributed by atoms with Crippen LogP contribution in [0, 0.1) is 0 Å². The van der Waals surface area contributed by atoms with Crippen LogP contribution in [0.3, 0.4) is 0 Å². The molecular weight excluding hydrogens is 416 g/mol. The number of rotatable bonds is 9. The van der Waals surface area contributed by atoms with Crippen LogP contribution in [0.4, 0.5) is 5.69 Å². The van der Waals surface area contributed by atoms with Gasteiger partial charge in [0.05, 0.1) is 19.3 Å². The quantitative estimate of drug-likeness (QED) is 0.493. The number of nitrogens with zero attached hydrogens (tertiary/aromatic N) is 1. The normalized spacial score (nSPS) is 13.5. The van der Waals surface area contributed by atoms with Crippen LogP contribution >= 0.6 is 0 Å². The third-order valence-electron chi connectivity index (χ3n) is 5.45. The van der Waals surface area contributed by atoms with Gasteiger partial charge >= 0.3 is 0 Å². The predicted octanol–water partition coefficient (Wildman–Crippen LogP) is 4.53. The number of hydrogen-bond donors (Lipinski definition) is 1. The topological polar surface area (TPSA) is 67.9 Å². The summed E-state index contributed by atoms with van der Waals surface area (Å²) in [5, 5.41) is 3.17. The molecule has 0 spiro atoms. The Morgan fingerprint density at radius 1 is 0.818 bits per heavy atom. The van der Waals surface area contributed by atoms with Gasteiger partial charge in [-0.1, -0.05) is 42.5 Å². The average Bonchev–Trinajstić information content (AvgIpc) is 3.08. The second kappa shape index (κ2) is 10.0. The van der Waals surface area contributed by atoms with Gasteiger partial charge in [0.1, 0.15) is 17.2 Å². The van der Waals surface area contributed by atoms with E-state index in [1.807, 2.05) is 61.5 Å². The lowest BCUT2D eigenvalue weighted by molar-refractivity contribution is -0.136. The molecule has 1 heterocycles. The largest absolute Gasteiger partial charge is 0.497 e. The van der Waals surface area contributed by atoms with Crippen LogP contribution in [0.25, 0.3) is 5.57 Å². The van der Waals surface area contributed by atoms with Gasteiger partial charge < -0.3 is 14.8 Å². The number of benzene rings is 3. The molecule has 168 valence electrons. The van der Waals surface area contributed by atoms with Gasteiger partial charge in [0.15, 0.2) is 0 Å². The van der Waals surface area contributed by atoms with Crippen LogP contribution in [-0.4, -0.2) is 37.0 Å². The van der Waals surface area contributed by atoms with E-state index < -0.39 is 0 Å². The standard InChI is InChI=1S/C27H26N2O4/c1-3-33-23-13-9-20(10-14-23)24-25(28-21-11-15-22(32-2)16-12-21)27(31)29(26(24)30)18-17-19-7-5-4-6-8-19/h4-16,28H,3,17-18H2,1-2H3. The van der Waals surface area contributed by atoms with Gasteiger partial charge in [-0.15, -0.1) is 0 Å². The van der Waals surface area contributed by atoms with E-state index in [1.165, 1.54) is 4.90 Å². The Bertz CT molecular complexity index is 1150. The van der Waals surface area contributed by atoms with E-state index >= 15 is 0 Å². The summed E-state index contributed by atoms with van der Waals surface area (Å²) in [4.78, 5) is 28.1. The molecule has 0 aromatic heterocycles. The predicted molar refractivity (Wildman–Crippen MR) is 128 cm³/mol. The number of carbonyl (C=O) groups excluding carboxylic acids is 2. The molecule has 0 aliphatic carbocycles. The minimum atomic E-state index is -0.337. The third kappa shape index (κ3) is 4.90. The van der Waals surface area contributed by atoms with Gasteiger partial charge in [-0.25, -0.2) is 0 Å². The number of hydrogen-bond acceptors (Lipinski definition) is 5. The number of imide groups is 1. The second-order valence-corrected chi connectivity index (χ2v) is 7.56. The Kier molecular flexibility index (Phi) is 6.74. The Morgan fingerprint density at radius 2 is 1.48 bits per heavy atom. The van der Waals surface area contributed by atoms with Gasteiger partial charge in [-0.2, -0.15) is 0 Å². The van der Waals surface area contributed by atoms with Crippen LogP contribution in [0.15, 0.2) is 84.6 Å². The molecule has 6 nitrogen and oxygen atoms in total. The van der Waals surface area contributed by atoms with Crippen molar-refractivity contribution in [3.05, 3.63) is 95.7 Å². The lowest BCUT2D eigenvalue weighted by Crippen LogP contribution is -2.34. The SMILES string of the molecule is CCOc1ccc(C2=C(Nc3ccc(OC)cc3)C(=O)N(CCc3ccccc3)C2=O)cc1. The minimum absolute atomic E-state index is 0.266. The van der Waals surface area contributed by atoms with Crippen LogP contribution < -0.4 is 14.8 Å². The molecule has 0 saturated heterocycles. The average molecular weight is 443 g/mol. The molecule has 3 aromatic carbocycles. The summed E-state index contributed by atoms with van der Waals surface area (Å²) in [6.45, 7) is 2.77. The maximum Gasteiger partial charge on any atom is 0.278 e. The zero-order chi connectivity index (χ0) is 23.2. The molecule has 2 amide bonds. The first-order valence-electron chi connectivity index (χ1n) is 10.9. The van der Waals surface area contributed by atoms with Crippen molar-refractivity contribution >= 4 is 23.1 Å². The summed E-state index contributed by atoms with van der Waals surface area (Å²) in [6.07, 6.45) is 0.588. The maximum atomic E-state index is 13.4. The van der Waals surface area contributed by atoms with Crippen LogP contribution in [0.1, 0.15) is 18.1 Å². The molecule has 0 unspecified atom stereocenters. The number of nitrogens with one attached hydrogen (secondary N) is 1. The number of anilines is 1. The second-order valence-electron chi connectivity index (χ2n) is 7.56. The molecule has 0 saturated carbocycles. The van der Waals surface area contributed by atoms with Crippen LogP contribution in [0.5, 0.6) is 11.5 Å². The molecule has 3 aromatic rings. The lowest BCUT2D eigenvalue weighted by Gasteiger charge is -2.15. The first-order chi connectivity index (χ1) is 16.1. The molecule has 4 rings (SSSR count). The van der Waals surface area contributed by atoms with E-state index in [2.05, 4.69) is 5.32 Å². The van der Waals surface area contributed by atoms with Crippen molar-refractivity contribution in [3.63, 3.8) is 0 Å². The van der Waals surface area contributed by atoms with Gasteiger partial charge in [-0.3, -0.25) is 14.5 Å². The van der Waals surface area contributed by atoms with Crippen molar-refractivity contribution in [2.24, 2.45) is 0 Å². The van der Waals surface area contributed by atoms with Gasteiger partial charge in [0, 0.05) is 12.2 Å². The van der Waals surface area contributed by atoms with E-state index in [9.17, 15) is 9.59 Å². The molecule has 0 radical (unpaired) electrons. The fourth-order valence-corrected chi connectivity index (χ4v) is 3.75. The smallest absolute Gasteiger partial charge is 0.278 e. The van der Waals surface area contributed by atoms with E-state index in [1.54, 1.807) is 31.4 Å². The minimum Gasteiger partial charge on any atom is -0.497 e. The van der Waals surface area contributed by atoms with Crippen molar-refractivity contribution in [1.29, 1.82) is 0 Å². The number of ether oxygens (including phenoxy) is 2. The molecule has 0 fully saturated rings. The van der Waals surface area contributed by atoms with Crippen LogP contribution in [0.2, 0.25) is 0 Å². The van der Waals surface area contributed by atoms with E-state index in [0.717, 1.165) is 5.56 Å². The summed E-state index contributed by atoms with van der Waals surface area (Å²) in [5.41, 5.74) is 3.04. The van der Waals surface area contributed by atoms with Gasteiger partial charge in [-0.05, 0) is 60.9 Å². The highest BCUT2D eigenvalue weighted by Crippen LogP contribution is 2.32. The third-order valence-corrected chi connectivity index (χ3v) is 5.45. The summed E-state index contributed by atoms with van der Waals surface area (Å²) in [6, 6.07) is 24.3. The Labute approximate surface area is 193 Å². The molecule has 0 atom stereocenters. The fraction of sp³-hybridized carbons (Fsp3) is 0.185. The first kappa shape index (κ1) is 22.1. The van der Waals surface area contributed by atoms with Gasteiger partial charge in [0.25, 0.3) is 11.8 Å². The van der Waals surface area contributed by atoms with E-state index in [0.29, 0.717) is 47.9 Å². The van der Waals surface area contributed by atoms with Gasteiger partial charge in [0.2, 0.25) is 0 Å². The Hall–Kier alpha value is -4.06. The Balaban J connectivity index is 1.65. The monoisotopic (exact) mass is 442 g/mol. The van der Waals surface area contributed by atoms with Crippen molar-refractivity contribution in [2.75, 3.05) is 25.6 Å². The van der Waals surface area contributed by atoms with Crippen molar-refractivity contribution in [2.45, 2.75) is 13.3 Å². The van der Waals surface area contributed by atoms with Crippen molar-refractivity contribution in [3.8, 4) is 11.5 Å². The van der Waals surface area contributed by atoms with Crippen molar-refractivity contribution in [1.82, 2.24) is 4.90 Å². The molecule has 33 heavy (non-hydrogen) atoms. The summed E-state index contributed by atoms with van der Waals surface area (Å²) >= 11 is 0. The van der Waals surface area contributed by atoms with E-state index in [4.69, 9.17) is 9.47 Å². The Morgan fingerprint density at radius 3 is 2.12 bits per heavy atom. The summed E-state index contributed by atoms with van der Waals surface area (Å²) in [7, 11) is 1.60. The lowest BCUT2D eigenvalue weighted by atomic mass is 10.0. The molecule has 1 aliphatic rings. The molecule has 1 N–H and O–H groups in total. The fourth-order valence-electron chi connectivity index (χ4n) is 3.75. The molecule has 1 aliphatic heterocycles. The number of methoxy groups -OCH3 is 1. The number of carbonyl (C=O) groups is 2. The molecule has 6 heteroatoms. The highest BCUT2D eigenvalue weighted by atomic mass is 16.5. The highest BCUT2D eigenvalue weighted by molar-refractivity contribution is 6.36. The zero-order valence-electron chi connectivity index (χ0n) is 18.7. The molecule has 0 bridgehead atoms. The summed E-state index contributed by atoms with van der Waals surface area (Å²) in [5.74, 6) is 0.774. The van der Waals surface area contributed by atoms with Crippen LogP contribution in [-0.2, 0) is 16.0 Å². The highest BCUT2D eigenvalue weighted by Gasteiger charge is 2.39.